The molecule has 0 saturated carbocycles. The Hall–Kier alpha value is -3.01. The Kier molecular flexibility index (Phi) is 4.48. The molecule has 4 rings (SSSR count). The van der Waals surface area contributed by atoms with Gasteiger partial charge in [-0.2, -0.15) is 14.6 Å². The minimum atomic E-state index is -0.261. The summed E-state index contributed by atoms with van der Waals surface area (Å²) in [6.45, 7) is 8.78. The number of amides is 1. The van der Waals surface area contributed by atoms with Gasteiger partial charge in [0.25, 0.3) is 5.78 Å². The number of nitrogens with zero attached hydrogens (tertiary/aromatic N) is 7. The van der Waals surface area contributed by atoms with Crippen molar-refractivity contribution in [3.05, 3.63) is 29.8 Å². The van der Waals surface area contributed by atoms with E-state index in [-0.39, 0.29) is 11.9 Å². The minimum Gasteiger partial charge on any atom is -0.354 e. The fraction of sp³-hybridized carbons (Fsp3) is 0.471. The average Bonchev–Trinajstić information content (AvgIpc) is 3.29. The summed E-state index contributed by atoms with van der Waals surface area (Å²) in [7, 11) is 0. The molecule has 0 aliphatic carbocycles. The molecule has 27 heavy (non-hydrogen) atoms. The van der Waals surface area contributed by atoms with Crippen LogP contribution in [0.15, 0.2) is 23.0 Å². The van der Waals surface area contributed by atoms with Gasteiger partial charge in [-0.25, -0.2) is 4.98 Å². The van der Waals surface area contributed by atoms with Crippen LogP contribution in [-0.2, 0) is 4.79 Å². The van der Waals surface area contributed by atoms with Gasteiger partial charge in [-0.3, -0.25) is 15.0 Å². The van der Waals surface area contributed by atoms with Crippen LogP contribution in [0.25, 0.3) is 5.78 Å². The number of fused-ring (bicyclic) bond motifs is 1. The highest BCUT2D eigenvalue weighted by molar-refractivity contribution is 5.93. The molecule has 10 heteroatoms. The monoisotopic (exact) mass is 370 g/mol. The summed E-state index contributed by atoms with van der Waals surface area (Å²) in [5, 5.41) is 10.8. The van der Waals surface area contributed by atoms with Crippen molar-refractivity contribution < 1.29 is 9.32 Å². The van der Waals surface area contributed by atoms with E-state index >= 15 is 0 Å². The Labute approximate surface area is 156 Å². The topological polar surface area (TPSA) is 105 Å². The molecule has 4 heterocycles. The molecule has 1 atom stereocenters. The predicted molar refractivity (Wildman–Crippen MR) is 98.6 cm³/mol. The van der Waals surface area contributed by atoms with E-state index in [2.05, 4.69) is 35.3 Å². The van der Waals surface area contributed by atoms with Gasteiger partial charge in [0.1, 0.15) is 12.1 Å². The van der Waals surface area contributed by atoms with Crippen LogP contribution in [0.5, 0.6) is 0 Å². The largest absolute Gasteiger partial charge is 0.354 e. The first kappa shape index (κ1) is 17.4. The molecule has 3 aromatic heterocycles. The van der Waals surface area contributed by atoms with Gasteiger partial charge >= 0.3 is 0 Å². The summed E-state index contributed by atoms with van der Waals surface area (Å²) in [5.41, 5.74) is 1.64. The Morgan fingerprint density at radius 1 is 1.19 bits per heavy atom. The highest BCUT2D eigenvalue weighted by atomic mass is 16.5. The van der Waals surface area contributed by atoms with E-state index in [1.54, 1.807) is 10.6 Å². The standard InChI is InChI=1S/C17H22N8O2/c1-11-9-15(25-17(20-11)18-10-19-25)24-6-4-23(5-7-24)13(3)16(26)21-14-8-12(2)22-27-14/h8-10,13H,4-7H2,1-3H3,(H,21,26). The fourth-order valence-electron chi connectivity index (χ4n) is 3.29. The highest BCUT2D eigenvalue weighted by Gasteiger charge is 2.27. The van der Waals surface area contributed by atoms with E-state index in [9.17, 15) is 4.79 Å². The average molecular weight is 370 g/mol. The van der Waals surface area contributed by atoms with Crippen molar-refractivity contribution in [2.75, 3.05) is 36.4 Å². The zero-order valence-electron chi connectivity index (χ0n) is 15.6. The lowest BCUT2D eigenvalue weighted by Gasteiger charge is -2.38. The first-order valence-electron chi connectivity index (χ1n) is 8.92. The number of carbonyl (C=O) groups is 1. The maximum absolute atomic E-state index is 12.5. The van der Waals surface area contributed by atoms with Crippen LogP contribution in [0.2, 0.25) is 0 Å². The third kappa shape index (κ3) is 3.47. The van der Waals surface area contributed by atoms with Gasteiger partial charge in [0, 0.05) is 44.0 Å². The Morgan fingerprint density at radius 2 is 1.96 bits per heavy atom. The van der Waals surface area contributed by atoms with E-state index in [4.69, 9.17) is 4.52 Å². The summed E-state index contributed by atoms with van der Waals surface area (Å²) >= 11 is 0. The number of piperazine rings is 1. The van der Waals surface area contributed by atoms with Gasteiger partial charge < -0.3 is 9.42 Å². The predicted octanol–water partition coefficient (Wildman–Crippen LogP) is 0.878. The molecular formula is C17H22N8O2. The quantitative estimate of drug-likeness (QED) is 0.722. The third-order valence-electron chi connectivity index (χ3n) is 4.80. The molecule has 0 bridgehead atoms. The van der Waals surface area contributed by atoms with Crippen molar-refractivity contribution in [1.82, 2.24) is 29.6 Å². The van der Waals surface area contributed by atoms with Crippen LogP contribution in [-0.4, -0.2) is 67.8 Å². The number of aromatic nitrogens is 5. The SMILES string of the molecule is Cc1cc(NC(=O)C(C)N2CCN(c3cc(C)nc4ncnn34)CC2)on1. The van der Waals surface area contributed by atoms with Crippen molar-refractivity contribution in [2.45, 2.75) is 26.8 Å². The Balaban J connectivity index is 1.40. The van der Waals surface area contributed by atoms with Crippen molar-refractivity contribution in [3.63, 3.8) is 0 Å². The maximum Gasteiger partial charge on any atom is 0.254 e. The number of carbonyl (C=O) groups excluding carboxylic acids is 1. The highest BCUT2D eigenvalue weighted by Crippen LogP contribution is 2.19. The molecule has 1 fully saturated rings. The third-order valence-corrected chi connectivity index (χ3v) is 4.80. The Morgan fingerprint density at radius 3 is 2.67 bits per heavy atom. The lowest BCUT2D eigenvalue weighted by Crippen LogP contribution is -2.53. The molecule has 142 valence electrons. The van der Waals surface area contributed by atoms with Crippen LogP contribution >= 0.6 is 0 Å². The molecule has 0 radical (unpaired) electrons. The maximum atomic E-state index is 12.5. The summed E-state index contributed by atoms with van der Waals surface area (Å²) in [5.74, 6) is 1.85. The number of nitrogens with one attached hydrogen (secondary N) is 1. The van der Waals surface area contributed by atoms with Gasteiger partial charge in [0.05, 0.1) is 11.7 Å². The van der Waals surface area contributed by atoms with Crippen molar-refractivity contribution in [3.8, 4) is 0 Å². The zero-order chi connectivity index (χ0) is 19.0. The minimum absolute atomic E-state index is 0.0991. The fourth-order valence-corrected chi connectivity index (χ4v) is 3.29. The van der Waals surface area contributed by atoms with Gasteiger partial charge in [-0.05, 0) is 20.8 Å². The van der Waals surface area contributed by atoms with Gasteiger partial charge in [-0.15, -0.1) is 0 Å². The van der Waals surface area contributed by atoms with Gasteiger partial charge in [0.2, 0.25) is 11.8 Å². The number of anilines is 2. The van der Waals surface area contributed by atoms with Gasteiger partial charge in [-0.1, -0.05) is 5.16 Å². The molecular weight excluding hydrogens is 348 g/mol. The molecule has 1 saturated heterocycles. The summed E-state index contributed by atoms with van der Waals surface area (Å²) < 4.78 is 6.82. The molecule has 10 nitrogen and oxygen atoms in total. The lowest BCUT2D eigenvalue weighted by atomic mass is 10.2. The molecule has 1 aliphatic rings. The number of hydrogen-bond acceptors (Lipinski definition) is 8. The summed E-state index contributed by atoms with van der Waals surface area (Å²) in [6, 6.07) is 3.46. The number of hydrogen-bond donors (Lipinski definition) is 1. The molecule has 1 N–H and O–H groups in total. The van der Waals surface area contributed by atoms with Crippen LogP contribution < -0.4 is 10.2 Å². The molecule has 1 aliphatic heterocycles. The number of rotatable bonds is 4. The second-order valence-electron chi connectivity index (χ2n) is 6.75. The van der Waals surface area contributed by atoms with Crippen LogP contribution in [0.4, 0.5) is 11.7 Å². The first-order chi connectivity index (χ1) is 13.0. The van der Waals surface area contributed by atoms with Crippen molar-refractivity contribution >= 4 is 23.4 Å². The summed E-state index contributed by atoms with van der Waals surface area (Å²) in [4.78, 5) is 25.4. The zero-order valence-corrected chi connectivity index (χ0v) is 15.6. The molecule has 3 aromatic rings. The van der Waals surface area contributed by atoms with E-state index in [0.29, 0.717) is 11.7 Å². The normalized spacial score (nSPS) is 16.6. The molecule has 1 amide bonds. The summed E-state index contributed by atoms with van der Waals surface area (Å²) in [6.07, 6.45) is 1.51. The molecule has 0 aromatic carbocycles. The van der Waals surface area contributed by atoms with Crippen LogP contribution in [0, 0.1) is 13.8 Å². The Bertz CT molecular complexity index is 957. The van der Waals surface area contributed by atoms with Crippen molar-refractivity contribution in [1.29, 1.82) is 0 Å². The van der Waals surface area contributed by atoms with Gasteiger partial charge in [0.15, 0.2) is 0 Å². The number of aryl methyl sites for hydroxylation is 2. The van der Waals surface area contributed by atoms with E-state index in [0.717, 1.165) is 43.4 Å². The van der Waals surface area contributed by atoms with E-state index in [1.165, 1.54) is 6.33 Å². The van der Waals surface area contributed by atoms with Crippen LogP contribution in [0.3, 0.4) is 0 Å². The first-order valence-corrected chi connectivity index (χ1v) is 8.92. The van der Waals surface area contributed by atoms with E-state index in [1.807, 2.05) is 26.8 Å². The smallest absolute Gasteiger partial charge is 0.254 e. The second kappa shape index (κ2) is 6.95. The van der Waals surface area contributed by atoms with Crippen molar-refractivity contribution in [2.24, 2.45) is 0 Å². The van der Waals surface area contributed by atoms with Crippen LogP contribution in [0.1, 0.15) is 18.3 Å². The lowest BCUT2D eigenvalue weighted by molar-refractivity contribution is -0.121. The second-order valence-corrected chi connectivity index (χ2v) is 6.75. The molecule has 0 spiro atoms. The van der Waals surface area contributed by atoms with E-state index < -0.39 is 0 Å². The molecule has 1 unspecified atom stereocenters.